The molecule has 1 atom stereocenters. The SMILES string of the molecule is CC(C)Oc1ccc(C(=O)NCC(c2ccc(N(C)C)cc2)N2CCN(C)CC2)cc1. The lowest BCUT2D eigenvalue weighted by Gasteiger charge is -2.38. The Kier molecular flexibility index (Phi) is 7.93. The van der Waals surface area contributed by atoms with Crippen molar-refractivity contribution in [2.45, 2.75) is 26.0 Å². The van der Waals surface area contributed by atoms with Crippen LogP contribution in [0.1, 0.15) is 35.8 Å². The molecule has 1 heterocycles. The fourth-order valence-electron chi connectivity index (χ4n) is 3.83. The average Bonchev–Trinajstić information content (AvgIpc) is 2.75. The van der Waals surface area contributed by atoms with E-state index in [-0.39, 0.29) is 18.1 Å². The Morgan fingerprint density at radius 3 is 2.16 bits per heavy atom. The molecule has 1 saturated heterocycles. The van der Waals surface area contributed by atoms with Crippen LogP contribution < -0.4 is 15.0 Å². The molecule has 0 aromatic heterocycles. The molecule has 0 saturated carbocycles. The number of hydrogen-bond acceptors (Lipinski definition) is 5. The second-order valence-corrected chi connectivity index (χ2v) is 8.74. The zero-order chi connectivity index (χ0) is 22.4. The minimum absolute atomic E-state index is 0.0554. The van der Waals surface area contributed by atoms with Crippen molar-refractivity contribution in [2.24, 2.45) is 0 Å². The summed E-state index contributed by atoms with van der Waals surface area (Å²) >= 11 is 0. The molecule has 0 bridgehead atoms. The third-order valence-corrected chi connectivity index (χ3v) is 5.72. The van der Waals surface area contributed by atoms with E-state index in [1.807, 2.05) is 52.2 Å². The summed E-state index contributed by atoms with van der Waals surface area (Å²) in [6, 6.07) is 16.2. The van der Waals surface area contributed by atoms with E-state index in [4.69, 9.17) is 4.74 Å². The molecular weight excluding hydrogens is 388 g/mol. The number of amides is 1. The molecule has 0 aliphatic carbocycles. The van der Waals surface area contributed by atoms with Gasteiger partial charge in [-0.25, -0.2) is 0 Å². The van der Waals surface area contributed by atoms with Crippen LogP contribution in [0.4, 0.5) is 5.69 Å². The van der Waals surface area contributed by atoms with E-state index in [9.17, 15) is 4.79 Å². The Bertz CT molecular complexity index is 826. The molecule has 1 amide bonds. The monoisotopic (exact) mass is 424 g/mol. The number of rotatable bonds is 8. The lowest BCUT2D eigenvalue weighted by Crippen LogP contribution is -2.48. The second-order valence-electron chi connectivity index (χ2n) is 8.74. The largest absolute Gasteiger partial charge is 0.491 e. The summed E-state index contributed by atoms with van der Waals surface area (Å²) < 4.78 is 5.67. The Morgan fingerprint density at radius 1 is 1.00 bits per heavy atom. The summed E-state index contributed by atoms with van der Waals surface area (Å²) in [6.45, 7) is 8.62. The van der Waals surface area contributed by atoms with Gasteiger partial charge in [0, 0.05) is 58.1 Å². The van der Waals surface area contributed by atoms with E-state index in [0.717, 1.165) is 31.9 Å². The fourth-order valence-corrected chi connectivity index (χ4v) is 3.83. The summed E-state index contributed by atoms with van der Waals surface area (Å²) in [5, 5.41) is 3.16. The number of carbonyl (C=O) groups excluding carboxylic acids is 1. The minimum atomic E-state index is -0.0554. The highest BCUT2D eigenvalue weighted by Gasteiger charge is 2.24. The lowest BCUT2D eigenvalue weighted by atomic mass is 10.0. The van der Waals surface area contributed by atoms with Gasteiger partial charge in [0.1, 0.15) is 5.75 Å². The number of piperazine rings is 1. The molecule has 2 aromatic rings. The number of nitrogens with one attached hydrogen (secondary N) is 1. The van der Waals surface area contributed by atoms with Gasteiger partial charge in [0.25, 0.3) is 5.91 Å². The molecule has 3 rings (SSSR count). The molecule has 31 heavy (non-hydrogen) atoms. The quantitative estimate of drug-likeness (QED) is 0.705. The van der Waals surface area contributed by atoms with Crippen molar-refractivity contribution < 1.29 is 9.53 Å². The first kappa shape index (κ1) is 23.1. The van der Waals surface area contributed by atoms with Crippen LogP contribution in [0.3, 0.4) is 0 Å². The molecule has 1 aliphatic heterocycles. The predicted molar refractivity (Wildman–Crippen MR) is 127 cm³/mol. The van der Waals surface area contributed by atoms with Crippen LogP contribution in [0.15, 0.2) is 48.5 Å². The van der Waals surface area contributed by atoms with E-state index in [2.05, 4.69) is 51.3 Å². The highest BCUT2D eigenvalue weighted by molar-refractivity contribution is 5.94. The maximum Gasteiger partial charge on any atom is 0.251 e. The predicted octanol–water partition coefficient (Wildman–Crippen LogP) is 3.26. The van der Waals surface area contributed by atoms with E-state index < -0.39 is 0 Å². The Labute approximate surface area is 186 Å². The van der Waals surface area contributed by atoms with Gasteiger partial charge in [-0.15, -0.1) is 0 Å². The fraction of sp³-hybridized carbons (Fsp3) is 0.480. The van der Waals surface area contributed by atoms with E-state index >= 15 is 0 Å². The summed E-state index contributed by atoms with van der Waals surface area (Å²) in [6.07, 6.45) is 0.114. The van der Waals surface area contributed by atoms with Crippen LogP contribution in [0, 0.1) is 0 Å². The van der Waals surface area contributed by atoms with Crippen molar-refractivity contribution in [2.75, 3.05) is 58.8 Å². The van der Waals surface area contributed by atoms with Crippen LogP contribution in [0.25, 0.3) is 0 Å². The van der Waals surface area contributed by atoms with Crippen LogP contribution in [0.2, 0.25) is 0 Å². The Balaban J connectivity index is 1.70. The Hall–Kier alpha value is -2.57. The van der Waals surface area contributed by atoms with Gasteiger partial charge in [0.2, 0.25) is 0 Å². The maximum absolute atomic E-state index is 12.8. The van der Waals surface area contributed by atoms with Gasteiger partial charge < -0.3 is 19.9 Å². The zero-order valence-corrected chi connectivity index (χ0v) is 19.5. The topological polar surface area (TPSA) is 48.1 Å². The molecule has 0 spiro atoms. The number of ether oxygens (including phenoxy) is 1. The summed E-state index contributed by atoms with van der Waals surface area (Å²) in [5.41, 5.74) is 3.06. The normalized spacial score (nSPS) is 16.2. The molecule has 1 unspecified atom stereocenters. The van der Waals surface area contributed by atoms with Crippen LogP contribution >= 0.6 is 0 Å². The standard InChI is InChI=1S/C25H36N4O2/c1-19(2)31-23-12-8-21(9-13-23)25(30)26-18-24(29-16-14-28(5)15-17-29)20-6-10-22(11-7-20)27(3)4/h6-13,19,24H,14-18H2,1-5H3,(H,26,30). The highest BCUT2D eigenvalue weighted by Crippen LogP contribution is 2.24. The maximum atomic E-state index is 12.8. The average molecular weight is 425 g/mol. The number of anilines is 1. The van der Waals surface area contributed by atoms with Gasteiger partial charge >= 0.3 is 0 Å². The summed E-state index contributed by atoms with van der Waals surface area (Å²) in [7, 11) is 6.25. The van der Waals surface area contributed by atoms with Crippen molar-refractivity contribution in [1.82, 2.24) is 15.1 Å². The van der Waals surface area contributed by atoms with Crippen molar-refractivity contribution >= 4 is 11.6 Å². The molecule has 6 nitrogen and oxygen atoms in total. The van der Waals surface area contributed by atoms with E-state index in [1.54, 1.807) is 0 Å². The van der Waals surface area contributed by atoms with Gasteiger partial charge in [-0.3, -0.25) is 9.69 Å². The van der Waals surface area contributed by atoms with Crippen LogP contribution in [-0.4, -0.2) is 75.7 Å². The minimum Gasteiger partial charge on any atom is -0.491 e. The van der Waals surface area contributed by atoms with Crippen molar-refractivity contribution in [3.8, 4) is 5.75 Å². The third-order valence-electron chi connectivity index (χ3n) is 5.72. The first-order valence-electron chi connectivity index (χ1n) is 11.1. The number of hydrogen-bond donors (Lipinski definition) is 1. The molecule has 6 heteroatoms. The number of carbonyl (C=O) groups is 1. The molecule has 2 aromatic carbocycles. The lowest BCUT2D eigenvalue weighted by molar-refractivity contribution is 0.0886. The van der Waals surface area contributed by atoms with Crippen LogP contribution in [-0.2, 0) is 0 Å². The molecule has 1 aliphatic rings. The second kappa shape index (κ2) is 10.6. The molecular formula is C25H36N4O2. The van der Waals surface area contributed by atoms with Gasteiger partial charge in [0.15, 0.2) is 0 Å². The zero-order valence-electron chi connectivity index (χ0n) is 19.5. The molecule has 1 N–H and O–H groups in total. The van der Waals surface area contributed by atoms with Gasteiger partial charge in [0.05, 0.1) is 12.1 Å². The van der Waals surface area contributed by atoms with E-state index in [0.29, 0.717) is 12.1 Å². The highest BCUT2D eigenvalue weighted by atomic mass is 16.5. The first-order chi connectivity index (χ1) is 14.8. The smallest absolute Gasteiger partial charge is 0.251 e. The Morgan fingerprint density at radius 2 is 1.61 bits per heavy atom. The summed E-state index contributed by atoms with van der Waals surface area (Å²) in [5.74, 6) is 0.725. The molecule has 168 valence electrons. The molecule has 0 radical (unpaired) electrons. The first-order valence-corrected chi connectivity index (χ1v) is 11.1. The molecule has 1 fully saturated rings. The van der Waals surface area contributed by atoms with Gasteiger partial charge in [-0.1, -0.05) is 12.1 Å². The number of likely N-dealkylation sites (N-methyl/N-ethyl adjacent to an activating group) is 1. The van der Waals surface area contributed by atoms with E-state index in [1.165, 1.54) is 11.3 Å². The number of nitrogens with zero attached hydrogens (tertiary/aromatic N) is 3. The third kappa shape index (κ3) is 6.45. The van der Waals surface area contributed by atoms with Crippen molar-refractivity contribution in [3.63, 3.8) is 0 Å². The van der Waals surface area contributed by atoms with Crippen LogP contribution in [0.5, 0.6) is 5.75 Å². The number of benzene rings is 2. The van der Waals surface area contributed by atoms with Crippen molar-refractivity contribution in [3.05, 3.63) is 59.7 Å². The van der Waals surface area contributed by atoms with Crippen molar-refractivity contribution in [1.29, 1.82) is 0 Å². The van der Waals surface area contributed by atoms with Gasteiger partial charge in [-0.05, 0) is 62.9 Å². The van der Waals surface area contributed by atoms with Gasteiger partial charge in [-0.2, -0.15) is 0 Å². The summed E-state index contributed by atoms with van der Waals surface area (Å²) in [4.78, 5) is 19.7.